The Morgan fingerprint density at radius 2 is 1.59 bits per heavy atom. The number of nitrogens with one attached hydrogen (secondary N) is 3. The van der Waals surface area contributed by atoms with Crippen LogP contribution in [-0.2, 0) is 24.0 Å². The van der Waals surface area contributed by atoms with Crippen molar-refractivity contribution in [1.82, 2.24) is 16.0 Å². The van der Waals surface area contributed by atoms with Gasteiger partial charge in [0, 0.05) is 6.42 Å². The van der Waals surface area contributed by atoms with Gasteiger partial charge in [-0.15, -0.1) is 0 Å². The van der Waals surface area contributed by atoms with Gasteiger partial charge in [-0.25, -0.2) is 0 Å². The molecule has 0 aromatic carbocycles. The number of amides is 4. The molecule has 27 heavy (non-hydrogen) atoms. The molecule has 0 fully saturated rings. The Labute approximate surface area is 156 Å². The van der Waals surface area contributed by atoms with Crippen LogP contribution in [0.5, 0.6) is 0 Å². The number of primary amides is 1. The third-order valence-electron chi connectivity index (χ3n) is 3.51. The van der Waals surface area contributed by atoms with Crippen molar-refractivity contribution >= 4 is 29.6 Å². The van der Waals surface area contributed by atoms with E-state index < -0.39 is 66.8 Å². The minimum absolute atomic E-state index is 0.00442. The van der Waals surface area contributed by atoms with Crippen LogP contribution in [0.3, 0.4) is 0 Å². The van der Waals surface area contributed by atoms with Crippen LogP contribution in [0.2, 0.25) is 0 Å². The molecule has 3 atom stereocenters. The van der Waals surface area contributed by atoms with Gasteiger partial charge in [0.25, 0.3) is 0 Å². The van der Waals surface area contributed by atoms with E-state index in [1.54, 1.807) is 13.8 Å². The van der Waals surface area contributed by atoms with Gasteiger partial charge in [0.05, 0.1) is 12.6 Å². The van der Waals surface area contributed by atoms with E-state index in [-0.39, 0.29) is 12.8 Å². The van der Waals surface area contributed by atoms with E-state index in [0.717, 1.165) is 0 Å². The maximum atomic E-state index is 12.4. The highest BCUT2D eigenvalue weighted by Gasteiger charge is 2.29. The fourth-order valence-electron chi connectivity index (χ4n) is 1.97. The van der Waals surface area contributed by atoms with Crippen LogP contribution in [0.25, 0.3) is 0 Å². The third-order valence-corrected chi connectivity index (χ3v) is 3.51. The number of rotatable bonds is 12. The zero-order valence-corrected chi connectivity index (χ0v) is 15.2. The highest BCUT2D eigenvalue weighted by Crippen LogP contribution is 2.04. The first kappa shape index (κ1) is 24.3. The zero-order valence-electron chi connectivity index (χ0n) is 15.2. The number of aliphatic hydroxyl groups excluding tert-OH is 1. The summed E-state index contributed by atoms with van der Waals surface area (Å²) in [6.45, 7) is 1.83. The Bertz CT molecular complexity index is 567. The smallest absolute Gasteiger partial charge is 0.322 e. The molecule has 154 valence electrons. The summed E-state index contributed by atoms with van der Waals surface area (Å²) >= 11 is 0. The minimum atomic E-state index is -1.39. The summed E-state index contributed by atoms with van der Waals surface area (Å²) < 4.78 is 0. The minimum Gasteiger partial charge on any atom is -0.480 e. The van der Waals surface area contributed by atoms with Crippen molar-refractivity contribution < 1.29 is 34.2 Å². The number of carboxylic acids is 1. The van der Waals surface area contributed by atoms with E-state index in [9.17, 15) is 29.1 Å². The predicted molar refractivity (Wildman–Crippen MR) is 92.8 cm³/mol. The predicted octanol–water partition coefficient (Wildman–Crippen LogP) is -3.60. The number of hydrogen-bond donors (Lipinski definition) is 7. The summed E-state index contributed by atoms with van der Waals surface area (Å²) in [5.74, 6) is -4.62. The topological polar surface area (TPSA) is 214 Å². The van der Waals surface area contributed by atoms with Crippen LogP contribution in [-0.4, -0.2) is 71.1 Å². The second-order valence-corrected chi connectivity index (χ2v) is 6.20. The summed E-state index contributed by atoms with van der Waals surface area (Å²) in [7, 11) is 0. The van der Waals surface area contributed by atoms with Gasteiger partial charge in [-0.05, 0) is 12.3 Å². The highest BCUT2D eigenvalue weighted by molar-refractivity contribution is 5.94. The van der Waals surface area contributed by atoms with Crippen molar-refractivity contribution in [3.05, 3.63) is 0 Å². The van der Waals surface area contributed by atoms with E-state index in [4.69, 9.17) is 16.6 Å². The fourth-order valence-corrected chi connectivity index (χ4v) is 1.97. The molecule has 4 amide bonds. The SMILES string of the molecule is CC(C)C(NC(=O)C(N)CCC(N)=O)C(=O)NC(CO)C(=O)NCC(=O)O. The number of hydrogen-bond acceptors (Lipinski definition) is 7. The maximum Gasteiger partial charge on any atom is 0.322 e. The monoisotopic (exact) mass is 389 g/mol. The molecule has 0 rings (SSSR count). The van der Waals surface area contributed by atoms with Crippen molar-refractivity contribution in [2.75, 3.05) is 13.2 Å². The summed E-state index contributed by atoms with van der Waals surface area (Å²) in [5.41, 5.74) is 10.6. The molecule has 9 N–H and O–H groups in total. The Balaban J connectivity index is 4.90. The third kappa shape index (κ3) is 9.51. The first-order valence-corrected chi connectivity index (χ1v) is 8.24. The number of nitrogens with two attached hydrogens (primary N) is 2. The molecule has 12 heteroatoms. The van der Waals surface area contributed by atoms with Gasteiger partial charge in [-0.1, -0.05) is 13.8 Å². The van der Waals surface area contributed by atoms with Crippen LogP contribution in [0, 0.1) is 5.92 Å². The molecule has 0 saturated carbocycles. The largest absolute Gasteiger partial charge is 0.480 e. The van der Waals surface area contributed by atoms with Gasteiger partial charge in [0.2, 0.25) is 23.6 Å². The molecule has 0 saturated heterocycles. The molecule has 0 spiro atoms. The van der Waals surface area contributed by atoms with Crippen LogP contribution < -0.4 is 27.4 Å². The van der Waals surface area contributed by atoms with E-state index in [2.05, 4.69) is 10.6 Å². The van der Waals surface area contributed by atoms with E-state index in [1.165, 1.54) is 0 Å². The lowest BCUT2D eigenvalue weighted by Crippen LogP contribution is -2.58. The molecular weight excluding hydrogens is 362 g/mol. The van der Waals surface area contributed by atoms with Gasteiger partial charge in [-0.2, -0.15) is 0 Å². The summed E-state index contributed by atoms with van der Waals surface area (Å²) in [5, 5.41) is 24.5. The van der Waals surface area contributed by atoms with Crippen molar-refractivity contribution in [2.45, 2.75) is 44.8 Å². The lowest BCUT2D eigenvalue weighted by atomic mass is 10.0. The van der Waals surface area contributed by atoms with Crippen molar-refractivity contribution in [3.8, 4) is 0 Å². The molecule has 0 aliphatic rings. The van der Waals surface area contributed by atoms with Crippen LogP contribution in [0.4, 0.5) is 0 Å². The maximum absolute atomic E-state index is 12.4. The van der Waals surface area contributed by atoms with Gasteiger partial charge >= 0.3 is 5.97 Å². The first-order valence-electron chi connectivity index (χ1n) is 8.24. The number of aliphatic carboxylic acids is 1. The summed E-state index contributed by atoms with van der Waals surface area (Å²) in [4.78, 5) is 57.5. The summed E-state index contributed by atoms with van der Waals surface area (Å²) in [6.07, 6.45) is -0.0894. The lowest BCUT2D eigenvalue weighted by Gasteiger charge is -2.25. The molecule has 0 radical (unpaired) electrons. The summed E-state index contributed by atoms with van der Waals surface area (Å²) in [6, 6.07) is -3.52. The second kappa shape index (κ2) is 11.8. The molecule has 0 aliphatic heterocycles. The van der Waals surface area contributed by atoms with Crippen LogP contribution >= 0.6 is 0 Å². The van der Waals surface area contributed by atoms with Crippen molar-refractivity contribution in [3.63, 3.8) is 0 Å². The highest BCUT2D eigenvalue weighted by atomic mass is 16.4. The van der Waals surface area contributed by atoms with Gasteiger partial charge in [0.1, 0.15) is 18.6 Å². The molecular formula is C15H27N5O7. The number of aliphatic hydroxyl groups is 1. The number of carbonyl (C=O) groups is 5. The zero-order chi connectivity index (χ0) is 21.1. The Morgan fingerprint density at radius 3 is 2.04 bits per heavy atom. The van der Waals surface area contributed by atoms with Crippen molar-refractivity contribution in [2.24, 2.45) is 17.4 Å². The average molecular weight is 389 g/mol. The van der Waals surface area contributed by atoms with E-state index >= 15 is 0 Å². The van der Waals surface area contributed by atoms with Gasteiger partial charge < -0.3 is 37.6 Å². The molecule has 0 bridgehead atoms. The molecule has 0 aromatic rings. The average Bonchev–Trinajstić information content (AvgIpc) is 2.58. The van der Waals surface area contributed by atoms with Gasteiger partial charge in [-0.3, -0.25) is 24.0 Å². The van der Waals surface area contributed by atoms with Crippen LogP contribution in [0.1, 0.15) is 26.7 Å². The van der Waals surface area contributed by atoms with Crippen LogP contribution in [0.15, 0.2) is 0 Å². The molecule has 0 heterocycles. The Kier molecular flexibility index (Phi) is 10.6. The van der Waals surface area contributed by atoms with E-state index in [1.807, 2.05) is 5.32 Å². The molecule has 0 aromatic heterocycles. The normalized spacial score (nSPS) is 14.0. The molecule has 12 nitrogen and oxygen atoms in total. The lowest BCUT2D eigenvalue weighted by molar-refractivity contribution is -0.139. The second-order valence-electron chi connectivity index (χ2n) is 6.20. The fraction of sp³-hybridized carbons (Fsp3) is 0.667. The number of carboxylic acid groups (broad SMARTS) is 1. The van der Waals surface area contributed by atoms with Gasteiger partial charge in [0.15, 0.2) is 0 Å². The standard InChI is InChI=1S/C15H27N5O7/c1-7(2)12(20-13(25)8(16)3-4-10(17)22)15(27)19-9(6-21)14(26)18-5-11(23)24/h7-9,12,21H,3-6,16H2,1-2H3,(H2,17,22)(H,18,26)(H,19,27)(H,20,25)(H,23,24). The molecule has 0 aliphatic carbocycles. The number of carbonyl (C=O) groups excluding carboxylic acids is 4. The first-order chi connectivity index (χ1) is 12.5. The molecule has 3 unspecified atom stereocenters. The Morgan fingerprint density at radius 1 is 1.00 bits per heavy atom. The van der Waals surface area contributed by atoms with Crippen molar-refractivity contribution in [1.29, 1.82) is 0 Å². The van der Waals surface area contributed by atoms with E-state index in [0.29, 0.717) is 0 Å². The Hall–Kier alpha value is -2.73. The quantitative estimate of drug-likeness (QED) is 0.176.